The number of ether oxygens (including phenoxy) is 2. The molecule has 3 rings (SSSR count). The predicted molar refractivity (Wildman–Crippen MR) is 118 cm³/mol. The number of halogens is 1. The van der Waals surface area contributed by atoms with E-state index in [2.05, 4.69) is 10.6 Å². The summed E-state index contributed by atoms with van der Waals surface area (Å²) in [5.74, 6) is -0.0516. The summed E-state index contributed by atoms with van der Waals surface area (Å²) in [5.41, 5.74) is 1.49. The van der Waals surface area contributed by atoms with Gasteiger partial charge in [-0.05, 0) is 48.7 Å². The van der Waals surface area contributed by atoms with Gasteiger partial charge in [-0.3, -0.25) is 10.1 Å². The predicted octanol–water partition coefficient (Wildman–Crippen LogP) is 5.38. The second-order valence-corrected chi connectivity index (χ2v) is 7.88. The third kappa shape index (κ3) is 5.52. The van der Waals surface area contributed by atoms with Crippen LogP contribution in [0.15, 0.2) is 48.5 Å². The Balaban J connectivity index is 1.74. The summed E-state index contributed by atoms with van der Waals surface area (Å²) in [6.45, 7) is 0.496. The van der Waals surface area contributed by atoms with Gasteiger partial charge in [0.15, 0.2) is 0 Å². The molecule has 0 atom stereocenters. The molecule has 2 aromatic rings. The van der Waals surface area contributed by atoms with Crippen LogP contribution in [0.25, 0.3) is 0 Å². The summed E-state index contributed by atoms with van der Waals surface area (Å²) < 4.78 is 9.87. The molecule has 6 nitrogen and oxygen atoms in total. The summed E-state index contributed by atoms with van der Waals surface area (Å²) >= 11 is 6.21. The van der Waals surface area contributed by atoms with E-state index in [0.717, 1.165) is 37.7 Å². The van der Waals surface area contributed by atoms with Crippen molar-refractivity contribution in [1.82, 2.24) is 0 Å². The molecule has 0 heterocycles. The second-order valence-electron chi connectivity index (χ2n) is 7.44. The summed E-state index contributed by atoms with van der Waals surface area (Å²) in [7, 11) is 1.54. The third-order valence-electron chi connectivity index (χ3n) is 5.41. The number of carbonyl (C=O) groups is 2. The van der Waals surface area contributed by atoms with Crippen LogP contribution < -0.4 is 10.6 Å². The standard InChI is InChI=1S/C23H27ClN2O4/c1-29-13-14-30-22(28)26-20-10-6-9-19(16-20)25-21(27)23(11-3-2-4-12-23)17-7-5-8-18(24)15-17/h5-10,15-16H,2-4,11-14H2,1H3,(H,25,27)(H,26,28). The highest BCUT2D eigenvalue weighted by Crippen LogP contribution is 2.41. The summed E-state index contributed by atoms with van der Waals surface area (Å²) in [6.07, 6.45) is 4.11. The quantitative estimate of drug-likeness (QED) is 0.578. The van der Waals surface area contributed by atoms with Gasteiger partial charge in [0, 0.05) is 23.5 Å². The van der Waals surface area contributed by atoms with Crippen LogP contribution in [0.4, 0.5) is 16.2 Å². The molecular weight excluding hydrogens is 404 g/mol. The summed E-state index contributed by atoms with van der Waals surface area (Å²) in [4.78, 5) is 25.3. The van der Waals surface area contributed by atoms with Gasteiger partial charge in [-0.2, -0.15) is 0 Å². The fraction of sp³-hybridized carbons (Fsp3) is 0.391. The Morgan fingerprint density at radius 3 is 2.37 bits per heavy atom. The molecule has 2 N–H and O–H groups in total. The van der Waals surface area contributed by atoms with Crippen molar-refractivity contribution in [3.63, 3.8) is 0 Å². The first-order chi connectivity index (χ1) is 14.5. The van der Waals surface area contributed by atoms with Crippen molar-refractivity contribution in [2.45, 2.75) is 37.5 Å². The number of benzene rings is 2. The van der Waals surface area contributed by atoms with E-state index in [1.165, 1.54) is 7.11 Å². The zero-order chi connectivity index (χ0) is 21.4. The van der Waals surface area contributed by atoms with Gasteiger partial charge in [-0.15, -0.1) is 0 Å². The number of hydrogen-bond donors (Lipinski definition) is 2. The first kappa shape index (κ1) is 22.1. The highest BCUT2D eigenvalue weighted by atomic mass is 35.5. The minimum absolute atomic E-state index is 0.0516. The van der Waals surface area contributed by atoms with Crippen LogP contribution in [0.5, 0.6) is 0 Å². The van der Waals surface area contributed by atoms with Crippen molar-refractivity contribution in [3.8, 4) is 0 Å². The van der Waals surface area contributed by atoms with Gasteiger partial charge >= 0.3 is 6.09 Å². The monoisotopic (exact) mass is 430 g/mol. The van der Waals surface area contributed by atoms with Crippen LogP contribution in [-0.2, 0) is 19.7 Å². The van der Waals surface area contributed by atoms with Crippen LogP contribution in [0.2, 0.25) is 5.02 Å². The number of nitrogens with one attached hydrogen (secondary N) is 2. The number of rotatable bonds is 7. The Morgan fingerprint density at radius 1 is 0.967 bits per heavy atom. The highest BCUT2D eigenvalue weighted by Gasteiger charge is 2.41. The molecule has 0 aromatic heterocycles. The van der Waals surface area contributed by atoms with Crippen molar-refractivity contribution >= 4 is 35.0 Å². The van der Waals surface area contributed by atoms with Crippen LogP contribution in [0.1, 0.15) is 37.7 Å². The van der Waals surface area contributed by atoms with E-state index in [0.29, 0.717) is 23.0 Å². The maximum absolute atomic E-state index is 13.4. The molecule has 30 heavy (non-hydrogen) atoms. The molecule has 2 amide bonds. The van der Waals surface area contributed by atoms with E-state index >= 15 is 0 Å². The lowest BCUT2D eigenvalue weighted by molar-refractivity contribution is -0.122. The Hall–Kier alpha value is -2.57. The molecule has 2 aromatic carbocycles. The molecule has 0 unspecified atom stereocenters. The maximum Gasteiger partial charge on any atom is 0.411 e. The molecule has 0 radical (unpaired) electrons. The van der Waals surface area contributed by atoms with Crippen LogP contribution >= 0.6 is 11.6 Å². The van der Waals surface area contributed by atoms with E-state index < -0.39 is 11.5 Å². The van der Waals surface area contributed by atoms with Gasteiger partial charge in [-0.25, -0.2) is 4.79 Å². The molecular formula is C23H27ClN2O4. The number of hydrogen-bond acceptors (Lipinski definition) is 4. The Labute approximate surface area is 181 Å². The van der Waals surface area contributed by atoms with Gasteiger partial charge in [0.2, 0.25) is 5.91 Å². The lowest BCUT2D eigenvalue weighted by Gasteiger charge is -2.36. The Kier molecular flexibility index (Phi) is 7.71. The molecule has 1 saturated carbocycles. The zero-order valence-corrected chi connectivity index (χ0v) is 17.8. The topological polar surface area (TPSA) is 76.7 Å². The summed E-state index contributed by atoms with van der Waals surface area (Å²) in [5, 5.41) is 6.33. The number of amides is 2. The van der Waals surface area contributed by atoms with E-state index in [1.807, 2.05) is 24.3 Å². The number of anilines is 2. The van der Waals surface area contributed by atoms with Gasteiger partial charge in [0.25, 0.3) is 0 Å². The molecule has 1 aliphatic rings. The SMILES string of the molecule is COCCOC(=O)Nc1cccc(NC(=O)C2(c3cccc(Cl)c3)CCCCC2)c1. The van der Waals surface area contributed by atoms with Crippen molar-refractivity contribution in [2.75, 3.05) is 31.0 Å². The number of carbonyl (C=O) groups excluding carboxylic acids is 2. The molecule has 1 aliphatic carbocycles. The first-order valence-electron chi connectivity index (χ1n) is 10.1. The third-order valence-corrected chi connectivity index (χ3v) is 5.64. The lowest BCUT2D eigenvalue weighted by atomic mass is 9.68. The molecule has 160 valence electrons. The average Bonchev–Trinajstić information content (AvgIpc) is 2.74. The van der Waals surface area contributed by atoms with E-state index in [1.54, 1.807) is 24.3 Å². The highest BCUT2D eigenvalue weighted by molar-refractivity contribution is 6.30. The van der Waals surface area contributed by atoms with Crippen LogP contribution in [-0.4, -0.2) is 32.3 Å². The molecule has 7 heteroatoms. The maximum atomic E-state index is 13.4. The lowest BCUT2D eigenvalue weighted by Crippen LogP contribution is -2.42. The van der Waals surface area contributed by atoms with E-state index in [4.69, 9.17) is 21.1 Å². The second kappa shape index (κ2) is 10.5. The zero-order valence-electron chi connectivity index (χ0n) is 17.1. The van der Waals surface area contributed by atoms with Crippen molar-refractivity contribution < 1.29 is 19.1 Å². The average molecular weight is 431 g/mol. The summed E-state index contributed by atoms with van der Waals surface area (Å²) in [6, 6.07) is 14.6. The van der Waals surface area contributed by atoms with Gasteiger partial charge in [0.1, 0.15) is 6.61 Å². The van der Waals surface area contributed by atoms with Crippen molar-refractivity contribution in [3.05, 3.63) is 59.1 Å². The number of methoxy groups -OCH3 is 1. The molecule has 0 bridgehead atoms. The molecule has 0 saturated heterocycles. The van der Waals surface area contributed by atoms with Crippen molar-refractivity contribution in [1.29, 1.82) is 0 Å². The van der Waals surface area contributed by atoms with Gasteiger partial charge in [0.05, 0.1) is 12.0 Å². The molecule has 0 spiro atoms. The van der Waals surface area contributed by atoms with E-state index in [-0.39, 0.29) is 12.5 Å². The minimum Gasteiger partial charge on any atom is -0.447 e. The minimum atomic E-state index is -0.605. The molecule has 0 aliphatic heterocycles. The largest absolute Gasteiger partial charge is 0.447 e. The van der Waals surface area contributed by atoms with E-state index in [9.17, 15) is 9.59 Å². The Bertz CT molecular complexity index is 881. The van der Waals surface area contributed by atoms with Gasteiger partial charge in [-0.1, -0.05) is 49.1 Å². The normalized spacial score (nSPS) is 15.3. The van der Waals surface area contributed by atoms with Crippen molar-refractivity contribution in [2.24, 2.45) is 0 Å². The molecule has 1 fully saturated rings. The first-order valence-corrected chi connectivity index (χ1v) is 10.5. The van der Waals surface area contributed by atoms with Gasteiger partial charge < -0.3 is 14.8 Å². The Morgan fingerprint density at radius 2 is 1.67 bits per heavy atom. The fourth-order valence-electron chi connectivity index (χ4n) is 3.89. The fourth-order valence-corrected chi connectivity index (χ4v) is 4.08. The van der Waals surface area contributed by atoms with Crippen LogP contribution in [0.3, 0.4) is 0 Å². The van der Waals surface area contributed by atoms with Crippen LogP contribution in [0, 0.1) is 0 Å². The smallest absolute Gasteiger partial charge is 0.411 e.